The number of nitrogens with one attached hydrogen (secondary N) is 4. The number of aliphatic imine (C=N–C) groups is 3. The van der Waals surface area contributed by atoms with Crippen LogP contribution in [0.25, 0.3) is 0 Å². The molecule has 0 fully saturated rings. The molecule has 0 bridgehead atoms. The number of anilines is 4. The smallest absolute Gasteiger partial charge is 0.274 e. The highest BCUT2D eigenvalue weighted by molar-refractivity contribution is 9.10. The Labute approximate surface area is 369 Å². The second-order valence-electron chi connectivity index (χ2n) is 12.9. The number of thioether (sulfide) groups is 2. The van der Waals surface area contributed by atoms with Crippen LogP contribution in [0.1, 0.15) is 57.8 Å². The Morgan fingerprint density at radius 2 is 1.10 bits per heavy atom. The first kappa shape index (κ1) is 49.0. The molecule has 0 aliphatic carbocycles. The molecular weight excluding hydrogens is 926 g/mol. The summed E-state index contributed by atoms with van der Waals surface area (Å²) in [6.45, 7) is 1.63. The van der Waals surface area contributed by atoms with E-state index in [1.54, 1.807) is 36.6 Å². The van der Waals surface area contributed by atoms with E-state index in [0.717, 1.165) is 12.8 Å². The van der Waals surface area contributed by atoms with Crippen LogP contribution in [0.3, 0.4) is 0 Å². The molecule has 0 spiro atoms. The fourth-order valence-electron chi connectivity index (χ4n) is 5.39. The van der Waals surface area contributed by atoms with E-state index in [9.17, 15) is 19.2 Å². The number of guanidine groups is 2. The van der Waals surface area contributed by atoms with Crippen molar-refractivity contribution in [2.24, 2.45) is 49.4 Å². The van der Waals surface area contributed by atoms with Crippen molar-refractivity contribution in [3.8, 4) is 0 Å². The normalized spacial score (nSPS) is 12.3. The Balaban J connectivity index is 1.83. The monoisotopic (exact) mass is 977 g/mol. The Kier molecular flexibility index (Phi) is 22.1. The second-order valence-corrected chi connectivity index (χ2v) is 16.9. The summed E-state index contributed by atoms with van der Waals surface area (Å²) in [5.41, 5.74) is 35.3. The summed E-state index contributed by atoms with van der Waals surface area (Å²) in [5, 5.41) is 11.8. The van der Waals surface area contributed by atoms with Gasteiger partial charge in [0.1, 0.15) is 5.70 Å². The first-order chi connectivity index (χ1) is 28.3. The molecular formula is C38H53Br2N13O4S2. The van der Waals surface area contributed by atoms with Gasteiger partial charge in [-0.3, -0.25) is 34.2 Å². The van der Waals surface area contributed by atoms with Gasteiger partial charge < -0.3 is 55.7 Å². The minimum Gasteiger partial charge on any atom is -0.370 e. The molecule has 0 saturated carbocycles. The van der Waals surface area contributed by atoms with E-state index >= 15 is 0 Å². The van der Waals surface area contributed by atoms with Gasteiger partial charge in [0, 0.05) is 71.3 Å². The Morgan fingerprint density at radius 1 is 0.644 bits per heavy atom. The minimum atomic E-state index is -0.575. The lowest BCUT2D eigenvalue weighted by Crippen LogP contribution is -2.23. The van der Waals surface area contributed by atoms with Gasteiger partial charge in [-0.2, -0.15) is 0 Å². The third-order valence-electron chi connectivity index (χ3n) is 8.02. The molecule has 4 amide bonds. The highest BCUT2D eigenvalue weighted by atomic mass is 79.9. The zero-order valence-corrected chi connectivity index (χ0v) is 37.5. The van der Waals surface area contributed by atoms with Crippen molar-refractivity contribution >= 4 is 120 Å². The number of carbonyl (C=O) groups is 4. The van der Waals surface area contributed by atoms with Crippen LogP contribution >= 0.6 is 55.4 Å². The number of allylic oxidation sites excluding steroid dienone is 1. The van der Waals surface area contributed by atoms with Gasteiger partial charge in [-0.1, -0.05) is 44.4 Å². The van der Waals surface area contributed by atoms with Gasteiger partial charge in [-0.15, -0.1) is 23.5 Å². The maximum Gasteiger partial charge on any atom is 0.274 e. The van der Waals surface area contributed by atoms with Crippen molar-refractivity contribution < 1.29 is 19.2 Å². The topological polar surface area (TPSA) is 310 Å². The Bertz CT molecular complexity index is 1950. The van der Waals surface area contributed by atoms with Crippen LogP contribution in [0.5, 0.6) is 0 Å². The van der Waals surface area contributed by atoms with E-state index < -0.39 is 11.8 Å². The summed E-state index contributed by atoms with van der Waals surface area (Å²) in [7, 11) is 0. The minimum absolute atomic E-state index is 0.00172. The van der Waals surface area contributed by atoms with Gasteiger partial charge in [0.2, 0.25) is 11.8 Å². The molecule has 21 heteroatoms. The highest BCUT2D eigenvalue weighted by Gasteiger charge is 2.21. The second kappa shape index (κ2) is 26.6. The van der Waals surface area contributed by atoms with Crippen molar-refractivity contribution in [2.45, 2.75) is 67.6 Å². The molecule has 0 unspecified atom stereocenters. The maximum absolute atomic E-state index is 14.0. The molecule has 16 N–H and O–H groups in total. The number of hydrogen-bond donors (Lipinski definition) is 10. The van der Waals surface area contributed by atoms with Crippen LogP contribution in [0.15, 0.2) is 81.4 Å². The quantitative estimate of drug-likeness (QED) is 0.0313. The van der Waals surface area contributed by atoms with Crippen LogP contribution in [0.4, 0.5) is 22.7 Å². The fourth-order valence-corrected chi connectivity index (χ4v) is 8.01. The van der Waals surface area contributed by atoms with Crippen molar-refractivity contribution in [3.05, 3.63) is 56.6 Å². The predicted molar refractivity (Wildman–Crippen MR) is 250 cm³/mol. The fraction of sp³-hybridized carbons (Fsp3) is 0.395. The first-order valence-corrected chi connectivity index (χ1v) is 22.5. The predicted octanol–water partition coefficient (Wildman–Crippen LogP) is 4.72. The molecule has 1 aliphatic heterocycles. The van der Waals surface area contributed by atoms with E-state index in [1.165, 1.54) is 29.6 Å². The van der Waals surface area contributed by atoms with Crippen molar-refractivity contribution in [2.75, 3.05) is 59.0 Å². The zero-order valence-electron chi connectivity index (χ0n) is 32.7. The Morgan fingerprint density at radius 3 is 1.59 bits per heavy atom. The number of amides is 4. The molecule has 2 aromatic carbocycles. The molecule has 0 aromatic heterocycles. The molecule has 0 saturated heterocycles. The molecule has 1 heterocycles. The molecule has 3 rings (SSSR count). The molecule has 320 valence electrons. The van der Waals surface area contributed by atoms with Crippen molar-refractivity contribution in [1.82, 2.24) is 0 Å². The van der Waals surface area contributed by atoms with Gasteiger partial charge >= 0.3 is 0 Å². The third-order valence-corrected chi connectivity index (χ3v) is 11.3. The number of nitrogens with zero attached hydrogens (tertiary/aromatic N) is 3. The van der Waals surface area contributed by atoms with Gasteiger partial charge in [-0.05, 0) is 68.9 Å². The molecule has 0 atom stereocenters. The van der Waals surface area contributed by atoms with Gasteiger partial charge in [0.15, 0.2) is 11.9 Å². The molecule has 1 aliphatic rings. The molecule has 59 heavy (non-hydrogen) atoms. The summed E-state index contributed by atoms with van der Waals surface area (Å²) in [6.07, 6.45) is 9.65. The lowest BCUT2D eigenvalue weighted by molar-refractivity contribution is -0.117. The third kappa shape index (κ3) is 18.2. The zero-order chi connectivity index (χ0) is 43.2. The SMILES string of the molecule is NCCSc1c(NC(=O)CCCCCN=C(N)N)cc(Br)cc1NC(=O)C1=CCCC=NC(C(=O)Nc2cc(Br)cc(NC(=O)CCCCN=C(N)N)c2SCCN)=C1. The molecule has 2 aromatic rings. The molecule has 0 radical (unpaired) electrons. The van der Waals surface area contributed by atoms with Crippen LogP contribution in [-0.4, -0.2) is 79.4 Å². The maximum atomic E-state index is 14.0. The summed E-state index contributed by atoms with van der Waals surface area (Å²) >= 11 is 9.79. The van der Waals surface area contributed by atoms with E-state index in [4.69, 9.17) is 34.4 Å². The van der Waals surface area contributed by atoms with E-state index in [2.05, 4.69) is 68.1 Å². The number of benzene rings is 2. The Hall–Kier alpha value is -4.41. The highest BCUT2D eigenvalue weighted by Crippen LogP contribution is 2.39. The van der Waals surface area contributed by atoms with Crippen LogP contribution in [0, 0.1) is 0 Å². The number of halogens is 2. The molecule has 17 nitrogen and oxygen atoms in total. The number of unbranched alkanes of at least 4 members (excludes halogenated alkanes) is 3. The number of hydrogen-bond acceptors (Lipinski definition) is 11. The largest absolute Gasteiger partial charge is 0.370 e. The number of carbonyl (C=O) groups excluding carboxylic acids is 4. The van der Waals surface area contributed by atoms with Crippen LogP contribution in [0.2, 0.25) is 0 Å². The average Bonchev–Trinajstić information content (AvgIpc) is 3.15. The average molecular weight is 980 g/mol. The van der Waals surface area contributed by atoms with Crippen LogP contribution < -0.4 is 55.7 Å². The van der Waals surface area contributed by atoms with Gasteiger partial charge in [0.25, 0.3) is 11.8 Å². The van der Waals surface area contributed by atoms with Crippen molar-refractivity contribution in [1.29, 1.82) is 0 Å². The van der Waals surface area contributed by atoms with Crippen LogP contribution in [-0.2, 0) is 19.2 Å². The van der Waals surface area contributed by atoms with E-state index in [0.29, 0.717) is 111 Å². The first-order valence-electron chi connectivity index (χ1n) is 18.9. The van der Waals surface area contributed by atoms with Gasteiger partial charge in [0.05, 0.1) is 32.5 Å². The van der Waals surface area contributed by atoms with Crippen molar-refractivity contribution in [3.63, 3.8) is 0 Å². The summed E-state index contributed by atoms with van der Waals surface area (Å²) in [6, 6.07) is 6.99. The number of rotatable bonds is 23. The van der Waals surface area contributed by atoms with Gasteiger partial charge in [-0.25, -0.2) is 0 Å². The lowest BCUT2D eigenvalue weighted by atomic mass is 10.1. The summed E-state index contributed by atoms with van der Waals surface area (Å²) in [5.74, 6) is -0.390. The van der Waals surface area contributed by atoms with E-state index in [-0.39, 0.29) is 47.8 Å². The lowest BCUT2D eigenvalue weighted by Gasteiger charge is -2.18. The summed E-state index contributed by atoms with van der Waals surface area (Å²) < 4.78 is 1.23. The standard InChI is InChI=1S/C38H53Br2N13O4S2/c39-24-19-26(50-31(54)9-2-1-5-14-48-37(43)44)33(58-16-11-41)28(21-24)52-35(56)23-8-3-6-13-47-30(18-23)36(57)53-29-22-25(40)20-27(34(29)59-17-12-42)51-32(55)10-4-7-15-49-38(45)46/h8,13,18-22H,1-7,9-12,14-17,41-42H2,(H,50,54)(H,51,55)(H,52,56)(H,53,57)(H4,43,44,48)(H4,45,46,49). The number of nitrogens with two attached hydrogens (primary N) is 6. The van der Waals surface area contributed by atoms with E-state index in [1.807, 2.05) is 0 Å². The summed E-state index contributed by atoms with van der Waals surface area (Å²) in [4.78, 5) is 67.3.